The number of hydrogen-bond acceptors (Lipinski definition) is 5. The van der Waals surface area contributed by atoms with E-state index in [1.807, 2.05) is 0 Å². The van der Waals surface area contributed by atoms with Gasteiger partial charge in [0.15, 0.2) is 0 Å². The molecule has 0 radical (unpaired) electrons. The van der Waals surface area contributed by atoms with Crippen LogP contribution in [0.5, 0.6) is 5.75 Å². The zero-order valence-corrected chi connectivity index (χ0v) is 12.7. The van der Waals surface area contributed by atoms with Gasteiger partial charge in [-0.2, -0.15) is 0 Å². The fourth-order valence-corrected chi connectivity index (χ4v) is 2.19. The van der Waals surface area contributed by atoms with E-state index in [0.717, 1.165) is 5.56 Å². The van der Waals surface area contributed by atoms with Crippen LogP contribution in [0.4, 0.5) is 10.1 Å². The number of anilines is 1. The first-order chi connectivity index (χ1) is 11.8. The Morgan fingerprint density at radius 1 is 1.12 bits per heavy atom. The van der Waals surface area contributed by atoms with E-state index < -0.39 is 6.86 Å². The second kappa shape index (κ2) is 7.36. The molecule has 6 nitrogen and oxygen atoms in total. The molecule has 0 saturated carbocycles. The Labute approximate surface area is 137 Å². The van der Waals surface area contributed by atoms with Crippen LogP contribution in [-0.2, 0) is 6.54 Å². The van der Waals surface area contributed by atoms with Gasteiger partial charge in [0.1, 0.15) is 12.1 Å². The van der Waals surface area contributed by atoms with Crippen LogP contribution in [0.25, 0.3) is 5.69 Å². The average molecular weight is 326 g/mol. The minimum atomic E-state index is -0.883. The molecule has 1 N–H and O–H groups in total. The summed E-state index contributed by atoms with van der Waals surface area (Å²) in [6.45, 7) is -0.355. The maximum absolute atomic E-state index is 12.3. The van der Waals surface area contributed by atoms with E-state index in [1.165, 1.54) is 17.0 Å². The summed E-state index contributed by atoms with van der Waals surface area (Å²) < 4.78 is 18.4. The van der Waals surface area contributed by atoms with Gasteiger partial charge in [-0.25, -0.2) is 14.4 Å². The second-order valence-electron chi connectivity index (χ2n) is 4.97. The maximum Gasteiger partial charge on any atom is 0.257 e. The van der Waals surface area contributed by atoms with Crippen LogP contribution in [0.15, 0.2) is 66.1 Å². The largest absolute Gasteiger partial charge is 0.463 e. The molecule has 0 aliphatic carbocycles. The van der Waals surface area contributed by atoms with E-state index in [-0.39, 0.29) is 5.56 Å². The van der Waals surface area contributed by atoms with Crippen LogP contribution in [0.1, 0.15) is 5.56 Å². The molecule has 0 saturated heterocycles. The molecular weight excluding hydrogens is 311 g/mol. The number of aromatic nitrogens is 3. The maximum atomic E-state index is 12.3. The fourth-order valence-electron chi connectivity index (χ4n) is 2.19. The van der Waals surface area contributed by atoms with Gasteiger partial charge in [-0.05, 0) is 30.3 Å². The standard InChI is InChI=1S/C17H15FN4O2/c18-11-24-16-3-1-15(2-4-16)22-6-5-14(7-17(22)23)21-10-13-8-19-12-20-9-13/h1-9,12,21H,10-11H2. The lowest BCUT2D eigenvalue weighted by atomic mass is 10.3. The Morgan fingerprint density at radius 2 is 1.88 bits per heavy atom. The van der Waals surface area contributed by atoms with Crippen LogP contribution in [0.3, 0.4) is 0 Å². The monoisotopic (exact) mass is 326 g/mol. The molecule has 0 fully saturated rings. The van der Waals surface area contributed by atoms with Crippen LogP contribution in [-0.4, -0.2) is 21.4 Å². The van der Waals surface area contributed by atoms with Crippen molar-refractivity contribution < 1.29 is 9.13 Å². The predicted molar refractivity (Wildman–Crippen MR) is 88.0 cm³/mol. The van der Waals surface area contributed by atoms with Gasteiger partial charge in [0.25, 0.3) is 5.56 Å². The average Bonchev–Trinajstić information content (AvgIpc) is 2.62. The third kappa shape index (κ3) is 3.75. The second-order valence-corrected chi connectivity index (χ2v) is 4.97. The molecule has 0 atom stereocenters. The van der Waals surface area contributed by atoms with Crippen molar-refractivity contribution in [2.24, 2.45) is 0 Å². The molecule has 122 valence electrons. The molecule has 0 amide bonds. The number of alkyl halides is 1. The molecule has 7 heteroatoms. The summed E-state index contributed by atoms with van der Waals surface area (Å²) in [4.78, 5) is 20.1. The van der Waals surface area contributed by atoms with Crippen LogP contribution < -0.4 is 15.6 Å². The number of ether oxygens (including phenoxy) is 1. The minimum absolute atomic E-state index is 0.177. The number of nitrogens with zero attached hydrogens (tertiary/aromatic N) is 3. The molecule has 3 rings (SSSR count). The van der Waals surface area contributed by atoms with Crippen LogP contribution in [0, 0.1) is 0 Å². The number of pyridine rings is 1. The molecule has 0 unspecified atom stereocenters. The van der Waals surface area contributed by atoms with Crippen molar-refractivity contribution in [1.29, 1.82) is 0 Å². The Kier molecular flexibility index (Phi) is 4.81. The predicted octanol–water partition coefficient (Wildman–Crippen LogP) is 2.55. The summed E-state index contributed by atoms with van der Waals surface area (Å²) in [5.41, 5.74) is 2.13. The number of benzene rings is 1. The molecular formula is C17H15FN4O2. The lowest BCUT2D eigenvalue weighted by Crippen LogP contribution is -2.17. The Hall–Kier alpha value is -3.22. The highest BCUT2D eigenvalue weighted by atomic mass is 19.1. The molecule has 2 aromatic heterocycles. The van der Waals surface area contributed by atoms with E-state index in [1.54, 1.807) is 48.9 Å². The van der Waals surface area contributed by atoms with Gasteiger partial charge in [0, 0.05) is 48.1 Å². The smallest absolute Gasteiger partial charge is 0.257 e. The molecule has 3 aromatic rings. The summed E-state index contributed by atoms with van der Waals surface area (Å²) in [5, 5.41) is 3.15. The number of halogens is 1. The first kappa shape index (κ1) is 15.7. The third-order valence-electron chi connectivity index (χ3n) is 3.37. The summed E-state index contributed by atoms with van der Waals surface area (Å²) in [6, 6.07) is 9.93. The first-order valence-corrected chi connectivity index (χ1v) is 7.26. The molecule has 0 bridgehead atoms. The first-order valence-electron chi connectivity index (χ1n) is 7.26. The Morgan fingerprint density at radius 3 is 2.54 bits per heavy atom. The number of hydrogen-bond donors (Lipinski definition) is 1. The molecule has 0 aliphatic heterocycles. The van der Waals surface area contributed by atoms with Gasteiger partial charge < -0.3 is 10.1 Å². The van der Waals surface area contributed by atoms with E-state index in [9.17, 15) is 9.18 Å². The van der Waals surface area contributed by atoms with Crippen LogP contribution >= 0.6 is 0 Å². The van der Waals surface area contributed by atoms with Crippen molar-refractivity contribution in [3.63, 3.8) is 0 Å². The molecule has 1 aromatic carbocycles. The number of rotatable bonds is 6. The third-order valence-corrected chi connectivity index (χ3v) is 3.37. The van der Waals surface area contributed by atoms with Gasteiger partial charge in [-0.1, -0.05) is 0 Å². The summed E-state index contributed by atoms with van der Waals surface area (Å²) in [5.74, 6) is 0.415. The topological polar surface area (TPSA) is 69.0 Å². The highest BCUT2D eigenvalue weighted by molar-refractivity contribution is 5.45. The SMILES string of the molecule is O=c1cc(NCc2cncnc2)ccn1-c1ccc(OCF)cc1. The molecule has 0 spiro atoms. The Bertz CT molecular complexity index is 850. The fraction of sp³-hybridized carbons (Fsp3) is 0.118. The minimum Gasteiger partial charge on any atom is -0.463 e. The van der Waals surface area contributed by atoms with Gasteiger partial charge in [0.2, 0.25) is 6.86 Å². The van der Waals surface area contributed by atoms with Crippen molar-refractivity contribution >= 4 is 5.69 Å². The zero-order valence-electron chi connectivity index (χ0n) is 12.7. The number of nitrogens with one attached hydrogen (secondary N) is 1. The summed E-state index contributed by atoms with van der Waals surface area (Å²) >= 11 is 0. The highest BCUT2D eigenvalue weighted by Crippen LogP contribution is 2.15. The van der Waals surface area contributed by atoms with E-state index in [0.29, 0.717) is 23.7 Å². The molecule has 0 aliphatic rings. The van der Waals surface area contributed by atoms with Crippen molar-refractivity contribution in [2.45, 2.75) is 6.54 Å². The van der Waals surface area contributed by atoms with Crippen molar-refractivity contribution in [1.82, 2.24) is 14.5 Å². The highest BCUT2D eigenvalue weighted by Gasteiger charge is 2.02. The lowest BCUT2D eigenvalue weighted by molar-refractivity contribution is 0.192. The van der Waals surface area contributed by atoms with Crippen LogP contribution in [0.2, 0.25) is 0 Å². The zero-order chi connectivity index (χ0) is 16.8. The molecule has 2 heterocycles. The quantitative estimate of drug-likeness (QED) is 0.754. The van der Waals surface area contributed by atoms with E-state index >= 15 is 0 Å². The van der Waals surface area contributed by atoms with Crippen molar-refractivity contribution in [3.05, 3.63) is 77.2 Å². The van der Waals surface area contributed by atoms with Crippen molar-refractivity contribution in [2.75, 3.05) is 12.2 Å². The van der Waals surface area contributed by atoms with Gasteiger partial charge in [-0.15, -0.1) is 0 Å². The van der Waals surface area contributed by atoms with E-state index in [2.05, 4.69) is 15.3 Å². The normalized spacial score (nSPS) is 10.4. The molecule has 24 heavy (non-hydrogen) atoms. The summed E-state index contributed by atoms with van der Waals surface area (Å²) in [7, 11) is 0. The van der Waals surface area contributed by atoms with Gasteiger partial charge >= 0.3 is 0 Å². The Balaban J connectivity index is 1.73. The van der Waals surface area contributed by atoms with Gasteiger partial charge in [-0.3, -0.25) is 9.36 Å². The van der Waals surface area contributed by atoms with Gasteiger partial charge in [0.05, 0.1) is 0 Å². The summed E-state index contributed by atoms with van der Waals surface area (Å²) in [6.07, 6.45) is 6.57. The van der Waals surface area contributed by atoms with Crippen molar-refractivity contribution in [3.8, 4) is 11.4 Å². The van der Waals surface area contributed by atoms with E-state index in [4.69, 9.17) is 4.74 Å². The lowest BCUT2D eigenvalue weighted by Gasteiger charge is -2.09.